The normalized spacial score (nSPS) is 16.9. The molecule has 1 saturated heterocycles. The van der Waals surface area contributed by atoms with Crippen molar-refractivity contribution >= 4 is 12.4 Å². The maximum Gasteiger partial charge on any atom is 0.263 e. The van der Waals surface area contributed by atoms with Gasteiger partial charge >= 0.3 is 0 Å². The van der Waals surface area contributed by atoms with Crippen LogP contribution in [0.15, 0.2) is 18.2 Å². The standard InChI is InChI=1S/C12H14F3N.ClH/c13-11-7-9(12(14)15)1-2-10(11)8-3-5-16-6-4-8;/h1-2,7-8,12,16H,3-6H2;1H. The van der Waals surface area contributed by atoms with E-state index in [1.807, 2.05) is 0 Å². The average molecular weight is 266 g/mol. The zero-order valence-electron chi connectivity index (χ0n) is 9.26. The predicted molar refractivity (Wildman–Crippen MR) is 63.4 cm³/mol. The molecule has 1 aromatic carbocycles. The molecule has 0 radical (unpaired) electrons. The van der Waals surface area contributed by atoms with Crippen LogP contribution in [0.5, 0.6) is 0 Å². The Morgan fingerprint density at radius 1 is 1.18 bits per heavy atom. The fourth-order valence-corrected chi connectivity index (χ4v) is 2.14. The molecule has 17 heavy (non-hydrogen) atoms. The largest absolute Gasteiger partial charge is 0.317 e. The first-order valence-electron chi connectivity index (χ1n) is 5.46. The van der Waals surface area contributed by atoms with E-state index in [9.17, 15) is 13.2 Å². The third-order valence-corrected chi connectivity index (χ3v) is 3.06. The molecule has 1 N–H and O–H groups in total. The molecule has 1 nitrogen and oxygen atoms in total. The summed E-state index contributed by atoms with van der Waals surface area (Å²) in [5.41, 5.74) is 0.334. The van der Waals surface area contributed by atoms with Crippen LogP contribution in [0.25, 0.3) is 0 Å². The lowest BCUT2D eigenvalue weighted by molar-refractivity contribution is 0.151. The minimum absolute atomic E-state index is 0. The molecule has 0 saturated carbocycles. The lowest BCUT2D eigenvalue weighted by atomic mass is 9.89. The van der Waals surface area contributed by atoms with E-state index in [4.69, 9.17) is 0 Å². The topological polar surface area (TPSA) is 12.0 Å². The maximum absolute atomic E-state index is 13.6. The van der Waals surface area contributed by atoms with Crippen LogP contribution < -0.4 is 5.32 Å². The second kappa shape index (κ2) is 6.26. The van der Waals surface area contributed by atoms with Crippen LogP contribution in [0.2, 0.25) is 0 Å². The van der Waals surface area contributed by atoms with E-state index in [-0.39, 0.29) is 23.9 Å². The number of hydrogen-bond acceptors (Lipinski definition) is 1. The van der Waals surface area contributed by atoms with Gasteiger partial charge in [0, 0.05) is 5.56 Å². The summed E-state index contributed by atoms with van der Waals surface area (Å²) in [6, 6.07) is 3.79. The van der Waals surface area contributed by atoms with E-state index < -0.39 is 12.2 Å². The zero-order valence-corrected chi connectivity index (χ0v) is 10.1. The molecule has 0 bridgehead atoms. The van der Waals surface area contributed by atoms with Crippen molar-refractivity contribution in [3.05, 3.63) is 35.1 Å². The minimum atomic E-state index is -2.60. The Morgan fingerprint density at radius 2 is 1.82 bits per heavy atom. The third-order valence-electron chi connectivity index (χ3n) is 3.06. The molecule has 1 aliphatic rings. The molecule has 1 aliphatic heterocycles. The summed E-state index contributed by atoms with van der Waals surface area (Å²) in [6.45, 7) is 1.72. The van der Waals surface area contributed by atoms with Crippen LogP contribution in [0, 0.1) is 5.82 Å². The summed E-state index contributed by atoms with van der Waals surface area (Å²) < 4.78 is 38.3. The molecule has 96 valence electrons. The predicted octanol–water partition coefficient (Wildman–Crippen LogP) is 3.65. The van der Waals surface area contributed by atoms with Crippen molar-refractivity contribution in [3.8, 4) is 0 Å². The van der Waals surface area contributed by atoms with Crippen LogP contribution in [0.4, 0.5) is 13.2 Å². The van der Waals surface area contributed by atoms with Crippen LogP contribution in [-0.2, 0) is 0 Å². The van der Waals surface area contributed by atoms with Crippen LogP contribution >= 0.6 is 12.4 Å². The fraction of sp³-hybridized carbons (Fsp3) is 0.500. The van der Waals surface area contributed by atoms with E-state index in [1.54, 1.807) is 0 Å². The molecule has 5 heteroatoms. The summed E-state index contributed by atoms with van der Waals surface area (Å²) in [4.78, 5) is 0. The van der Waals surface area contributed by atoms with Crippen molar-refractivity contribution in [2.75, 3.05) is 13.1 Å². The summed E-state index contributed by atoms with van der Waals surface area (Å²) in [5.74, 6) is -0.335. The highest BCUT2D eigenvalue weighted by Gasteiger charge is 2.19. The monoisotopic (exact) mass is 265 g/mol. The van der Waals surface area contributed by atoms with Gasteiger partial charge in [0.05, 0.1) is 0 Å². The van der Waals surface area contributed by atoms with Gasteiger partial charge in [0.15, 0.2) is 0 Å². The summed E-state index contributed by atoms with van der Waals surface area (Å²) in [5, 5.41) is 3.19. The van der Waals surface area contributed by atoms with E-state index in [1.165, 1.54) is 12.1 Å². The van der Waals surface area contributed by atoms with Gasteiger partial charge in [0.2, 0.25) is 0 Å². The van der Waals surface area contributed by atoms with Gasteiger partial charge in [0.25, 0.3) is 6.43 Å². The van der Waals surface area contributed by atoms with Gasteiger partial charge < -0.3 is 5.32 Å². The second-order valence-corrected chi connectivity index (χ2v) is 4.11. The minimum Gasteiger partial charge on any atom is -0.317 e. The first-order chi connectivity index (χ1) is 7.68. The Morgan fingerprint density at radius 3 is 2.35 bits per heavy atom. The first kappa shape index (κ1) is 14.3. The summed E-state index contributed by atoms with van der Waals surface area (Å²) in [7, 11) is 0. The van der Waals surface area contributed by atoms with Gasteiger partial charge in [-0.15, -0.1) is 12.4 Å². The smallest absolute Gasteiger partial charge is 0.263 e. The van der Waals surface area contributed by atoms with Gasteiger partial charge in [-0.3, -0.25) is 0 Å². The van der Waals surface area contributed by atoms with Crippen LogP contribution in [0.1, 0.15) is 36.3 Å². The van der Waals surface area contributed by atoms with Gasteiger partial charge in [-0.2, -0.15) is 0 Å². The first-order valence-corrected chi connectivity index (χ1v) is 5.46. The number of benzene rings is 1. The van der Waals surface area contributed by atoms with Gasteiger partial charge in [-0.25, -0.2) is 13.2 Å². The molecule has 0 spiro atoms. The molecular weight excluding hydrogens is 251 g/mol. The SMILES string of the molecule is Cl.Fc1cc(C(F)F)ccc1C1CCNCC1. The van der Waals surface area contributed by atoms with E-state index in [0.29, 0.717) is 5.56 Å². The third kappa shape index (κ3) is 3.36. The summed E-state index contributed by atoms with van der Waals surface area (Å²) in [6.07, 6.45) is -0.868. The van der Waals surface area contributed by atoms with Crippen molar-refractivity contribution in [2.45, 2.75) is 25.2 Å². The van der Waals surface area contributed by atoms with Crippen molar-refractivity contribution in [3.63, 3.8) is 0 Å². The Labute approximate surface area is 105 Å². The molecule has 0 unspecified atom stereocenters. The van der Waals surface area contributed by atoms with Gasteiger partial charge in [-0.05, 0) is 43.5 Å². The molecule has 0 aliphatic carbocycles. The summed E-state index contributed by atoms with van der Waals surface area (Å²) >= 11 is 0. The number of rotatable bonds is 2. The molecule has 1 heterocycles. The molecule has 2 rings (SSSR count). The Hall–Kier alpha value is -0.740. The highest BCUT2D eigenvalue weighted by atomic mass is 35.5. The van der Waals surface area contributed by atoms with Gasteiger partial charge in [0.1, 0.15) is 5.82 Å². The molecular formula is C12H15ClF3N. The highest BCUT2D eigenvalue weighted by Crippen LogP contribution is 2.29. The lowest BCUT2D eigenvalue weighted by Gasteiger charge is -2.23. The maximum atomic E-state index is 13.6. The van der Waals surface area contributed by atoms with Crippen LogP contribution in [0.3, 0.4) is 0 Å². The van der Waals surface area contributed by atoms with Crippen molar-refractivity contribution in [1.29, 1.82) is 0 Å². The lowest BCUT2D eigenvalue weighted by Crippen LogP contribution is -2.27. The molecule has 0 amide bonds. The second-order valence-electron chi connectivity index (χ2n) is 4.11. The molecule has 1 aromatic rings. The van der Waals surface area contributed by atoms with E-state index in [0.717, 1.165) is 32.0 Å². The highest BCUT2D eigenvalue weighted by molar-refractivity contribution is 5.85. The molecule has 0 aromatic heterocycles. The Kier molecular flexibility index (Phi) is 5.28. The van der Waals surface area contributed by atoms with E-state index in [2.05, 4.69) is 5.32 Å². The fourth-order valence-electron chi connectivity index (χ4n) is 2.14. The number of piperidine rings is 1. The zero-order chi connectivity index (χ0) is 11.5. The van der Waals surface area contributed by atoms with Crippen molar-refractivity contribution < 1.29 is 13.2 Å². The van der Waals surface area contributed by atoms with E-state index >= 15 is 0 Å². The Balaban J connectivity index is 0.00000144. The van der Waals surface area contributed by atoms with Crippen LogP contribution in [-0.4, -0.2) is 13.1 Å². The number of alkyl halides is 2. The molecule has 1 fully saturated rings. The van der Waals surface area contributed by atoms with Crippen molar-refractivity contribution in [1.82, 2.24) is 5.32 Å². The number of hydrogen-bond donors (Lipinski definition) is 1. The van der Waals surface area contributed by atoms with Gasteiger partial charge in [-0.1, -0.05) is 12.1 Å². The van der Waals surface area contributed by atoms with Crippen molar-refractivity contribution in [2.24, 2.45) is 0 Å². The Bertz CT molecular complexity index is 365. The molecule has 0 atom stereocenters. The quantitative estimate of drug-likeness (QED) is 0.861. The average Bonchev–Trinajstić information content (AvgIpc) is 2.30. The number of halogens is 4. The number of nitrogens with one attached hydrogen (secondary N) is 1.